The molecule has 1 aromatic carbocycles. The Morgan fingerprint density at radius 1 is 1.20 bits per heavy atom. The van der Waals surface area contributed by atoms with E-state index in [1.807, 2.05) is 6.92 Å². The SMILES string of the molecule is CCC(O)c1ccccc1OCCCOCC(F)(F)F. The first-order valence-electron chi connectivity index (χ1n) is 6.48. The number of aliphatic hydroxyl groups is 1. The molecule has 1 aromatic rings. The molecule has 0 saturated heterocycles. The molecule has 0 bridgehead atoms. The van der Waals surface area contributed by atoms with Crippen LogP contribution >= 0.6 is 0 Å². The number of halogens is 3. The van der Waals surface area contributed by atoms with Gasteiger partial charge < -0.3 is 14.6 Å². The molecule has 1 N–H and O–H groups in total. The summed E-state index contributed by atoms with van der Waals surface area (Å²) in [5.41, 5.74) is 0.686. The second-order valence-electron chi connectivity index (χ2n) is 4.33. The third-order valence-corrected chi connectivity index (χ3v) is 2.62. The lowest BCUT2D eigenvalue weighted by Crippen LogP contribution is -2.18. The number of ether oxygens (including phenoxy) is 2. The van der Waals surface area contributed by atoms with Gasteiger partial charge in [-0.15, -0.1) is 0 Å². The molecule has 0 saturated carbocycles. The summed E-state index contributed by atoms with van der Waals surface area (Å²) in [6.07, 6.45) is -3.98. The van der Waals surface area contributed by atoms with Gasteiger partial charge in [0.15, 0.2) is 0 Å². The molecular weight excluding hydrogens is 273 g/mol. The van der Waals surface area contributed by atoms with Gasteiger partial charge in [0.05, 0.1) is 19.3 Å². The van der Waals surface area contributed by atoms with Crippen molar-refractivity contribution in [3.8, 4) is 5.75 Å². The van der Waals surface area contributed by atoms with Gasteiger partial charge in [-0.3, -0.25) is 0 Å². The van der Waals surface area contributed by atoms with Gasteiger partial charge in [-0.05, 0) is 12.5 Å². The molecule has 0 aliphatic rings. The monoisotopic (exact) mass is 292 g/mol. The molecule has 1 rings (SSSR count). The van der Waals surface area contributed by atoms with Gasteiger partial charge in [0.25, 0.3) is 0 Å². The number of alkyl halides is 3. The predicted molar refractivity (Wildman–Crippen MR) is 68.7 cm³/mol. The Hall–Kier alpha value is -1.27. The van der Waals surface area contributed by atoms with E-state index in [0.717, 1.165) is 0 Å². The molecule has 0 spiro atoms. The average molecular weight is 292 g/mol. The van der Waals surface area contributed by atoms with Crippen LogP contribution in [0.5, 0.6) is 5.75 Å². The maximum atomic E-state index is 11.8. The molecule has 0 aliphatic heterocycles. The Morgan fingerprint density at radius 3 is 2.55 bits per heavy atom. The minimum absolute atomic E-state index is 0.0159. The van der Waals surface area contributed by atoms with E-state index in [1.165, 1.54) is 0 Å². The highest BCUT2D eigenvalue weighted by Gasteiger charge is 2.27. The van der Waals surface area contributed by atoms with Gasteiger partial charge in [0.2, 0.25) is 0 Å². The number of para-hydroxylation sites is 1. The van der Waals surface area contributed by atoms with Crippen LogP contribution in [0.4, 0.5) is 13.2 Å². The highest BCUT2D eigenvalue weighted by atomic mass is 19.4. The number of benzene rings is 1. The quantitative estimate of drug-likeness (QED) is 0.746. The third kappa shape index (κ3) is 6.25. The first-order chi connectivity index (χ1) is 9.44. The summed E-state index contributed by atoms with van der Waals surface area (Å²) in [5, 5.41) is 9.81. The van der Waals surface area contributed by atoms with E-state index < -0.39 is 18.9 Å². The van der Waals surface area contributed by atoms with Crippen LogP contribution < -0.4 is 4.74 Å². The van der Waals surface area contributed by atoms with E-state index in [0.29, 0.717) is 24.2 Å². The van der Waals surface area contributed by atoms with Crippen molar-refractivity contribution in [2.75, 3.05) is 19.8 Å². The van der Waals surface area contributed by atoms with E-state index in [2.05, 4.69) is 4.74 Å². The summed E-state index contributed by atoms with van der Waals surface area (Å²) in [6, 6.07) is 7.07. The second-order valence-corrected chi connectivity index (χ2v) is 4.33. The Balaban J connectivity index is 2.32. The van der Waals surface area contributed by atoms with Crippen molar-refractivity contribution < 1.29 is 27.8 Å². The van der Waals surface area contributed by atoms with Crippen LogP contribution in [0.25, 0.3) is 0 Å². The van der Waals surface area contributed by atoms with Gasteiger partial charge in [-0.2, -0.15) is 13.2 Å². The van der Waals surface area contributed by atoms with Crippen molar-refractivity contribution >= 4 is 0 Å². The van der Waals surface area contributed by atoms with Crippen molar-refractivity contribution in [1.29, 1.82) is 0 Å². The largest absolute Gasteiger partial charge is 0.493 e. The van der Waals surface area contributed by atoms with Crippen molar-refractivity contribution in [2.45, 2.75) is 32.0 Å². The molecule has 0 radical (unpaired) electrons. The summed E-state index contributed by atoms with van der Waals surface area (Å²) in [7, 11) is 0. The second kappa shape index (κ2) is 8.11. The molecular formula is C14H19F3O3. The normalized spacial score (nSPS) is 13.2. The van der Waals surface area contributed by atoms with Crippen LogP contribution in [0.1, 0.15) is 31.4 Å². The molecule has 6 heteroatoms. The molecule has 1 unspecified atom stereocenters. The van der Waals surface area contributed by atoms with Crippen LogP contribution in [0.3, 0.4) is 0 Å². The summed E-state index contributed by atoms with van der Waals surface area (Å²) in [4.78, 5) is 0. The van der Waals surface area contributed by atoms with E-state index in [9.17, 15) is 18.3 Å². The van der Waals surface area contributed by atoms with E-state index >= 15 is 0 Å². The van der Waals surface area contributed by atoms with Crippen LogP contribution in [0, 0.1) is 0 Å². The first-order valence-corrected chi connectivity index (χ1v) is 6.48. The van der Waals surface area contributed by atoms with Gasteiger partial charge in [0.1, 0.15) is 12.4 Å². The molecule has 0 heterocycles. The Bertz CT molecular complexity index is 393. The molecule has 3 nitrogen and oxygen atoms in total. The maximum Gasteiger partial charge on any atom is 0.411 e. The molecule has 114 valence electrons. The van der Waals surface area contributed by atoms with E-state index in [1.54, 1.807) is 24.3 Å². The fourth-order valence-electron chi connectivity index (χ4n) is 1.64. The van der Waals surface area contributed by atoms with Crippen molar-refractivity contribution in [1.82, 2.24) is 0 Å². The standard InChI is InChI=1S/C14H19F3O3/c1-2-12(18)11-6-3-4-7-13(11)20-9-5-8-19-10-14(15,16)17/h3-4,6-7,12,18H,2,5,8-10H2,1H3. The number of rotatable bonds is 8. The van der Waals surface area contributed by atoms with Crippen molar-refractivity contribution in [3.63, 3.8) is 0 Å². The van der Waals surface area contributed by atoms with Crippen molar-refractivity contribution in [2.24, 2.45) is 0 Å². The van der Waals surface area contributed by atoms with Crippen LogP contribution in [0.15, 0.2) is 24.3 Å². The topological polar surface area (TPSA) is 38.7 Å². The van der Waals surface area contributed by atoms with Gasteiger partial charge in [-0.1, -0.05) is 25.1 Å². The number of aliphatic hydroxyl groups excluding tert-OH is 1. The number of hydrogen-bond acceptors (Lipinski definition) is 3. The van der Waals surface area contributed by atoms with Crippen LogP contribution in [0.2, 0.25) is 0 Å². The molecule has 0 aromatic heterocycles. The van der Waals surface area contributed by atoms with E-state index in [-0.39, 0.29) is 13.2 Å². The first kappa shape index (κ1) is 16.8. The van der Waals surface area contributed by atoms with E-state index in [4.69, 9.17) is 4.74 Å². The lowest BCUT2D eigenvalue weighted by molar-refractivity contribution is -0.174. The smallest absolute Gasteiger partial charge is 0.411 e. The predicted octanol–water partition coefficient (Wildman–Crippen LogP) is 3.48. The highest BCUT2D eigenvalue weighted by Crippen LogP contribution is 2.26. The summed E-state index contributed by atoms with van der Waals surface area (Å²) in [5.74, 6) is 0.553. The Labute approximate surface area is 116 Å². The lowest BCUT2D eigenvalue weighted by Gasteiger charge is -2.15. The summed E-state index contributed by atoms with van der Waals surface area (Å²) >= 11 is 0. The zero-order chi connectivity index (χ0) is 15.0. The van der Waals surface area contributed by atoms with Crippen LogP contribution in [-0.4, -0.2) is 31.1 Å². The van der Waals surface area contributed by atoms with Gasteiger partial charge >= 0.3 is 6.18 Å². The summed E-state index contributed by atoms with van der Waals surface area (Å²) in [6.45, 7) is 0.841. The highest BCUT2D eigenvalue weighted by molar-refractivity contribution is 5.34. The van der Waals surface area contributed by atoms with Gasteiger partial charge in [-0.25, -0.2) is 0 Å². The van der Waals surface area contributed by atoms with Crippen LogP contribution in [-0.2, 0) is 4.74 Å². The lowest BCUT2D eigenvalue weighted by atomic mass is 10.1. The number of hydrogen-bond donors (Lipinski definition) is 1. The average Bonchev–Trinajstić information content (AvgIpc) is 2.41. The fraction of sp³-hybridized carbons (Fsp3) is 0.571. The Kier molecular flexibility index (Phi) is 6.81. The summed E-state index contributed by atoms with van der Waals surface area (Å²) < 4.78 is 45.4. The fourth-order valence-corrected chi connectivity index (χ4v) is 1.64. The minimum Gasteiger partial charge on any atom is -0.493 e. The minimum atomic E-state index is -4.29. The molecule has 20 heavy (non-hydrogen) atoms. The Morgan fingerprint density at radius 2 is 1.90 bits per heavy atom. The molecule has 1 atom stereocenters. The van der Waals surface area contributed by atoms with Crippen molar-refractivity contribution in [3.05, 3.63) is 29.8 Å². The van der Waals surface area contributed by atoms with Gasteiger partial charge in [0, 0.05) is 12.0 Å². The third-order valence-electron chi connectivity index (χ3n) is 2.62. The molecule has 0 fully saturated rings. The maximum absolute atomic E-state index is 11.8. The zero-order valence-corrected chi connectivity index (χ0v) is 11.3. The molecule has 0 amide bonds. The zero-order valence-electron chi connectivity index (χ0n) is 11.3. The molecule has 0 aliphatic carbocycles.